The van der Waals surface area contributed by atoms with Crippen molar-refractivity contribution in [3.8, 4) is 22.6 Å². The highest BCUT2D eigenvalue weighted by atomic mass is 16.5. The molecule has 234 valence electrons. The Bertz CT molecular complexity index is 2460. The molecule has 1 spiro atoms. The third-order valence-electron chi connectivity index (χ3n) is 10.4. The molecule has 3 aliphatic rings. The van der Waals surface area contributed by atoms with E-state index < -0.39 is 5.41 Å². The van der Waals surface area contributed by atoms with Gasteiger partial charge in [-0.05, 0) is 62.4 Å². The molecule has 2 aliphatic heterocycles. The van der Waals surface area contributed by atoms with Crippen LogP contribution in [0, 0.1) is 0 Å². The Morgan fingerprint density at radius 3 is 2.12 bits per heavy atom. The summed E-state index contributed by atoms with van der Waals surface area (Å²) in [6.07, 6.45) is -0.491. The summed E-state index contributed by atoms with van der Waals surface area (Å²) in [4.78, 5) is 5.20. The number of aliphatic imine (C=N–C) groups is 1. The number of nitrogens with one attached hydrogen (secondary N) is 2. The number of para-hydroxylation sites is 2. The molecule has 0 bridgehead atoms. The van der Waals surface area contributed by atoms with E-state index in [-0.39, 0.29) is 12.3 Å². The molecule has 5 heteroatoms. The smallest absolute Gasteiger partial charge is 0.155 e. The number of nitrogens with two attached hydrogens (primary N) is 1. The lowest BCUT2D eigenvalue weighted by Crippen LogP contribution is -2.45. The number of hydrogen-bond acceptors (Lipinski definition) is 5. The van der Waals surface area contributed by atoms with Gasteiger partial charge in [-0.2, -0.15) is 0 Å². The molecule has 5 nitrogen and oxygen atoms in total. The molecule has 7 aromatic rings. The predicted molar refractivity (Wildman–Crippen MR) is 197 cm³/mol. The van der Waals surface area contributed by atoms with Crippen LogP contribution in [0.3, 0.4) is 0 Å². The van der Waals surface area contributed by atoms with Crippen LogP contribution in [-0.4, -0.2) is 5.84 Å². The van der Waals surface area contributed by atoms with Crippen LogP contribution in [0.25, 0.3) is 21.9 Å². The summed E-state index contributed by atoms with van der Waals surface area (Å²) in [5.41, 5.74) is 17.1. The van der Waals surface area contributed by atoms with Crippen molar-refractivity contribution < 1.29 is 4.74 Å². The first-order valence-corrected chi connectivity index (χ1v) is 16.7. The van der Waals surface area contributed by atoms with Crippen molar-refractivity contribution in [3.63, 3.8) is 0 Å². The summed E-state index contributed by atoms with van der Waals surface area (Å²) >= 11 is 0. The van der Waals surface area contributed by atoms with Crippen LogP contribution >= 0.6 is 0 Å². The minimum absolute atomic E-state index is 0.245. The van der Waals surface area contributed by atoms with Crippen molar-refractivity contribution >= 4 is 22.3 Å². The number of nitrogens with zero attached hydrogens (tertiary/aromatic N) is 1. The van der Waals surface area contributed by atoms with E-state index in [1.807, 2.05) is 30.3 Å². The van der Waals surface area contributed by atoms with Crippen molar-refractivity contribution in [2.24, 2.45) is 4.99 Å². The standard InChI is InChI=1S/C44H32N4O/c45-37-24-13-23-35-40(37)49-38-25-12-11-22-34(38)44(35)33-21-10-9-20-31(33)39-30-19-8-7-18-29(30)32(26-36(39)44)43-47-41(27-14-3-1-4-15-27)46-42(48-43)28-16-5-2-6-17-28/h1-26,41,43,47H,45H2,(H,46,48). The summed E-state index contributed by atoms with van der Waals surface area (Å²) in [6.45, 7) is 0. The lowest BCUT2D eigenvalue weighted by molar-refractivity contribution is 0.410. The number of fused-ring (bicyclic) bond motifs is 11. The maximum Gasteiger partial charge on any atom is 0.155 e. The summed E-state index contributed by atoms with van der Waals surface area (Å²) in [6, 6.07) is 55.5. The average molecular weight is 633 g/mol. The van der Waals surface area contributed by atoms with Gasteiger partial charge in [-0.15, -0.1) is 0 Å². The zero-order chi connectivity index (χ0) is 32.5. The normalized spacial score (nSPS) is 20.0. The van der Waals surface area contributed by atoms with Crippen LogP contribution in [0.2, 0.25) is 0 Å². The largest absolute Gasteiger partial charge is 0.455 e. The fourth-order valence-electron chi connectivity index (χ4n) is 8.33. The Morgan fingerprint density at radius 1 is 0.612 bits per heavy atom. The van der Waals surface area contributed by atoms with Crippen molar-refractivity contribution in [3.05, 3.63) is 197 Å². The van der Waals surface area contributed by atoms with Gasteiger partial charge < -0.3 is 15.8 Å². The van der Waals surface area contributed by atoms with Crippen LogP contribution in [0.4, 0.5) is 5.69 Å². The van der Waals surface area contributed by atoms with E-state index in [0.717, 1.165) is 45.2 Å². The van der Waals surface area contributed by atoms with Crippen LogP contribution in [0.5, 0.6) is 11.5 Å². The van der Waals surface area contributed by atoms with Gasteiger partial charge in [0.2, 0.25) is 0 Å². The molecule has 0 saturated carbocycles. The average Bonchev–Trinajstić information content (AvgIpc) is 3.46. The van der Waals surface area contributed by atoms with Gasteiger partial charge in [0.25, 0.3) is 0 Å². The van der Waals surface area contributed by atoms with Gasteiger partial charge in [-0.25, -0.2) is 4.99 Å². The van der Waals surface area contributed by atoms with Crippen LogP contribution in [0.1, 0.15) is 51.3 Å². The topological polar surface area (TPSA) is 71.7 Å². The lowest BCUT2D eigenvalue weighted by atomic mass is 9.65. The molecular formula is C44H32N4O. The molecule has 4 N–H and O–H groups in total. The molecule has 7 aromatic carbocycles. The van der Waals surface area contributed by atoms with Gasteiger partial charge in [0.1, 0.15) is 23.9 Å². The van der Waals surface area contributed by atoms with Gasteiger partial charge >= 0.3 is 0 Å². The monoisotopic (exact) mass is 632 g/mol. The zero-order valence-corrected chi connectivity index (χ0v) is 26.6. The van der Waals surface area contributed by atoms with E-state index in [9.17, 15) is 0 Å². The first-order valence-electron chi connectivity index (χ1n) is 16.7. The fourth-order valence-corrected chi connectivity index (χ4v) is 8.33. The Labute approximate surface area is 284 Å². The Hall–Kier alpha value is -6.17. The molecule has 3 atom stereocenters. The number of amidine groups is 1. The number of ether oxygens (including phenoxy) is 1. The van der Waals surface area contributed by atoms with E-state index in [2.05, 4.69) is 138 Å². The minimum Gasteiger partial charge on any atom is -0.455 e. The highest BCUT2D eigenvalue weighted by Gasteiger charge is 2.52. The fraction of sp³-hybridized carbons (Fsp3) is 0.0682. The number of nitrogen functional groups attached to an aromatic ring is 1. The van der Waals surface area contributed by atoms with Gasteiger partial charge in [0.15, 0.2) is 5.75 Å². The highest BCUT2D eigenvalue weighted by molar-refractivity contribution is 6.07. The summed E-state index contributed by atoms with van der Waals surface area (Å²) in [7, 11) is 0. The second-order valence-electron chi connectivity index (χ2n) is 13.0. The van der Waals surface area contributed by atoms with E-state index in [1.165, 1.54) is 33.0 Å². The number of rotatable bonds is 3. The molecule has 0 radical (unpaired) electrons. The first-order chi connectivity index (χ1) is 24.2. The van der Waals surface area contributed by atoms with Crippen molar-refractivity contribution in [1.82, 2.24) is 10.6 Å². The van der Waals surface area contributed by atoms with Crippen molar-refractivity contribution in [1.29, 1.82) is 0 Å². The highest BCUT2D eigenvalue weighted by Crippen LogP contribution is 2.64. The van der Waals surface area contributed by atoms with Crippen LogP contribution < -0.4 is 21.1 Å². The Morgan fingerprint density at radius 2 is 1.29 bits per heavy atom. The molecule has 10 rings (SSSR count). The second-order valence-corrected chi connectivity index (χ2v) is 13.0. The molecular weight excluding hydrogens is 601 g/mol. The zero-order valence-electron chi connectivity index (χ0n) is 26.6. The molecule has 2 heterocycles. The summed E-state index contributed by atoms with van der Waals surface area (Å²) in [5.74, 6) is 2.40. The quantitative estimate of drug-likeness (QED) is 0.170. The second kappa shape index (κ2) is 10.7. The van der Waals surface area contributed by atoms with Gasteiger partial charge in [0, 0.05) is 16.7 Å². The summed E-state index contributed by atoms with van der Waals surface area (Å²) in [5, 5.41) is 10.1. The molecule has 1 aliphatic carbocycles. The first kappa shape index (κ1) is 27.9. The molecule has 0 aromatic heterocycles. The van der Waals surface area contributed by atoms with E-state index in [1.54, 1.807) is 0 Å². The lowest BCUT2D eigenvalue weighted by Gasteiger charge is -2.40. The van der Waals surface area contributed by atoms with Gasteiger partial charge in [-0.3, -0.25) is 5.32 Å². The van der Waals surface area contributed by atoms with Gasteiger partial charge in [-0.1, -0.05) is 140 Å². The van der Waals surface area contributed by atoms with Crippen molar-refractivity contribution in [2.45, 2.75) is 17.7 Å². The molecule has 0 amide bonds. The minimum atomic E-state index is -0.645. The third-order valence-corrected chi connectivity index (χ3v) is 10.4. The predicted octanol–water partition coefficient (Wildman–Crippen LogP) is 9.23. The Balaban J connectivity index is 1.28. The molecule has 0 saturated heterocycles. The number of benzene rings is 7. The van der Waals surface area contributed by atoms with Crippen LogP contribution in [0.15, 0.2) is 163 Å². The Kier molecular flexibility index (Phi) is 6.08. The maximum atomic E-state index is 6.71. The van der Waals surface area contributed by atoms with Gasteiger partial charge in [0.05, 0.1) is 11.1 Å². The third kappa shape index (κ3) is 4.00. The molecule has 49 heavy (non-hydrogen) atoms. The van der Waals surface area contributed by atoms with Crippen LogP contribution in [-0.2, 0) is 5.41 Å². The molecule has 3 unspecified atom stereocenters. The molecule has 0 fully saturated rings. The van der Waals surface area contributed by atoms with Crippen molar-refractivity contribution in [2.75, 3.05) is 5.73 Å². The summed E-state index contributed by atoms with van der Waals surface area (Å²) < 4.78 is 6.62. The van der Waals surface area contributed by atoms with E-state index in [0.29, 0.717) is 5.69 Å². The number of anilines is 1. The maximum absolute atomic E-state index is 6.71. The van der Waals surface area contributed by atoms with E-state index >= 15 is 0 Å². The SMILES string of the molecule is Nc1cccc2c1Oc1ccccc1C21c2ccccc2-c2c1cc(C1NC(c3ccccc3)=NC(c3ccccc3)N1)c1ccccc21. The number of hydrogen-bond donors (Lipinski definition) is 3. The van der Waals surface area contributed by atoms with E-state index in [4.69, 9.17) is 15.5 Å².